The zero-order valence-corrected chi connectivity index (χ0v) is 11.7. The highest BCUT2D eigenvalue weighted by atomic mass is 19.1. The number of hydrogen-bond donors (Lipinski definition) is 1. The van der Waals surface area contributed by atoms with E-state index in [2.05, 4.69) is 37.4 Å². The van der Waals surface area contributed by atoms with Crippen molar-refractivity contribution in [2.24, 2.45) is 0 Å². The van der Waals surface area contributed by atoms with E-state index in [-0.39, 0.29) is 11.9 Å². The average molecular weight is 257 g/mol. The molecular weight excluding hydrogens is 237 g/mol. The minimum atomic E-state index is -0.145. The maximum Gasteiger partial charge on any atom is 0.126 e. The van der Waals surface area contributed by atoms with E-state index in [1.165, 1.54) is 11.1 Å². The van der Waals surface area contributed by atoms with Gasteiger partial charge in [0.05, 0.1) is 6.04 Å². The zero-order chi connectivity index (χ0) is 13.8. The summed E-state index contributed by atoms with van der Waals surface area (Å²) in [5.41, 5.74) is 4.04. The largest absolute Gasteiger partial charge is 0.307 e. The number of hydrogen-bond acceptors (Lipinski definition) is 1. The topological polar surface area (TPSA) is 12.0 Å². The Balaban J connectivity index is 2.42. The summed E-state index contributed by atoms with van der Waals surface area (Å²) >= 11 is 0. The molecule has 0 aromatic heterocycles. The molecular formula is C17H20FN. The van der Waals surface area contributed by atoms with Crippen LogP contribution in [0.5, 0.6) is 0 Å². The van der Waals surface area contributed by atoms with Gasteiger partial charge in [-0.15, -0.1) is 0 Å². The Bertz CT molecular complexity index is 563. The molecule has 0 heterocycles. The third-order valence-electron chi connectivity index (χ3n) is 3.31. The van der Waals surface area contributed by atoms with Crippen LogP contribution in [0, 0.1) is 19.7 Å². The second-order valence-electron chi connectivity index (χ2n) is 4.91. The van der Waals surface area contributed by atoms with Gasteiger partial charge in [-0.1, -0.05) is 48.9 Å². The van der Waals surface area contributed by atoms with E-state index in [1.807, 2.05) is 18.2 Å². The van der Waals surface area contributed by atoms with E-state index < -0.39 is 0 Å². The summed E-state index contributed by atoms with van der Waals surface area (Å²) in [4.78, 5) is 0. The molecule has 0 spiro atoms. The first kappa shape index (κ1) is 13.8. The zero-order valence-electron chi connectivity index (χ0n) is 11.7. The molecule has 2 heteroatoms. The predicted molar refractivity (Wildman–Crippen MR) is 77.8 cm³/mol. The quantitative estimate of drug-likeness (QED) is 0.868. The predicted octanol–water partition coefficient (Wildman–Crippen LogP) is 4.14. The van der Waals surface area contributed by atoms with E-state index in [0.717, 1.165) is 12.1 Å². The SMILES string of the molecule is CCNC(c1cccc(C)c1)c1ccc(C)c(F)c1. The molecule has 1 unspecified atom stereocenters. The lowest BCUT2D eigenvalue weighted by atomic mass is 9.96. The highest BCUT2D eigenvalue weighted by Crippen LogP contribution is 2.24. The van der Waals surface area contributed by atoms with Crippen LogP contribution in [0.25, 0.3) is 0 Å². The first-order chi connectivity index (χ1) is 9.11. The van der Waals surface area contributed by atoms with Gasteiger partial charge in [0.25, 0.3) is 0 Å². The number of benzene rings is 2. The van der Waals surface area contributed by atoms with Gasteiger partial charge >= 0.3 is 0 Å². The molecule has 0 fully saturated rings. The summed E-state index contributed by atoms with van der Waals surface area (Å²) in [5, 5.41) is 3.42. The molecule has 100 valence electrons. The van der Waals surface area contributed by atoms with Crippen molar-refractivity contribution in [3.05, 3.63) is 70.5 Å². The van der Waals surface area contributed by atoms with Crippen LogP contribution >= 0.6 is 0 Å². The van der Waals surface area contributed by atoms with Crippen LogP contribution in [-0.4, -0.2) is 6.54 Å². The van der Waals surface area contributed by atoms with Gasteiger partial charge in [-0.25, -0.2) is 4.39 Å². The van der Waals surface area contributed by atoms with Gasteiger partial charge in [-0.05, 0) is 43.1 Å². The molecule has 0 radical (unpaired) electrons. The maximum atomic E-state index is 13.7. The number of halogens is 1. The van der Waals surface area contributed by atoms with Gasteiger partial charge in [0.1, 0.15) is 5.82 Å². The van der Waals surface area contributed by atoms with E-state index >= 15 is 0 Å². The second kappa shape index (κ2) is 5.98. The second-order valence-corrected chi connectivity index (χ2v) is 4.91. The molecule has 2 aromatic carbocycles. The third kappa shape index (κ3) is 3.21. The van der Waals surface area contributed by atoms with Crippen LogP contribution in [0.2, 0.25) is 0 Å². The molecule has 19 heavy (non-hydrogen) atoms. The Morgan fingerprint density at radius 2 is 1.79 bits per heavy atom. The summed E-state index contributed by atoms with van der Waals surface area (Å²) in [5.74, 6) is -0.145. The van der Waals surface area contributed by atoms with Gasteiger partial charge in [-0.3, -0.25) is 0 Å². The minimum absolute atomic E-state index is 0.0417. The summed E-state index contributed by atoms with van der Waals surface area (Å²) in [6, 6.07) is 13.8. The maximum absolute atomic E-state index is 13.7. The van der Waals surface area contributed by atoms with Gasteiger partial charge in [-0.2, -0.15) is 0 Å². The molecule has 0 amide bonds. The molecule has 2 aromatic rings. The normalized spacial score (nSPS) is 12.4. The molecule has 0 aliphatic rings. The van der Waals surface area contributed by atoms with Gasteiger partial charge in [0.2, 0.25) is 0 Å². The molecule has 0 aliphatic carbocycles. The summed E-state index contributed by atoms with van der Waals surface area (Å²) in [6.07, 6.45) is 0. The Morgan fingerprint density at radius 1 is 1.05 bits per heavy atom. The minimum Gasteiger partial charge on any atom is -0.307 e. The molecule has 0 saturated carbocycles. The molecule has 2 rings (SSSR count). The van der Waals surface area contributed by atoms with Crippen LogP contribution < -0.4 is 5.32 Å². The third-order valence-corrected chi connectivity index (χ3v) is 3.31. The Labute approximate surface area is 114 Å². The highest BCUT2D eigenvalue weighted by molar-refractivity contribution is 5.35. The Hall–Kier alpha value is -1.67. The van der Waals surface area contributed by atoms with Crippen molar-refractivity contribution in [3.63, 3.8) is 0 Å². The van der Waals surface area contributed by atoms with Crippen molar-refractivity contribution < 1.29 is 4.39 Å². The van der Waals surface area contributed by atoms with Crippen molar-refractivity contribution in [3.8, 4) is 0 Å². The van der Waals surface area contributed by atoms with Crippen molar-refractivity contribution in [1.82, 2.24) is 5.32 Å². The van der Waals surface area contributed by atoms with Crippen LogP contribution in [-0.2, 0) is 0 Å². The van der Waals surface area contributed by atoms with Crippen molar-refractivity contribution in [1.29, 1.82) is 0 Å². The molecule has 1 N–H and O–H groups in total. The van der Waals surface area contributed by atoms with Crippen molar-refractivity contribution >= 4 is 0 Å². The fourth-order valence-corrected chi connectivity index (χ4v) is 2.27. The van der Waals surface area contributed by atoms with Gasteiger partial charge in [0.15, 0.2) is 0 Å². The molecule has 0 saturated heterocycles. The lowest BCUT2D eigenvalue weighted by molar-refractivity contribution is 0.597. The first-order valence-electron chi connectivity index (χ1n) is 6.68. The van der Waals surface area contributed by atoms with E-state index in [4.69, 9.17) is 0 Å². The number of nitrogens with one attached hydrogen (secondary N) is 1. The van der Waals surface area contributed by atoms with Gasteiger partial charge < -0.3 is 5.32 Å². The van der Waals surface area contributed by atoms with E-state index in [9.17, 15) is 4.39 Å². The summed E-state index contributed by atoms with van der Waals surface area (Å²) < 4.78 is 13.7. The monoisotopic (exact) mass is 257 g/mol. The molecule has 1 atom stereocenters. The van der Waals surface area contributed by atoms with Crippen LogP contribution in [0.3, 0.4) is 0 Å². The number of aryl methyl sites for hydroxylation is 2. The van der Waals surface area contributed by atoms with E-state index in [1.54, 1.807) is 13.0 Å². The molecule has 0 bridgehead atoms. The van der Waals surface area contributed by atoms with Gasteiger partial charge in [0, 0.05) is 0 Å². The lowest BCUT2D eigenvalue weighted by Crippen LogP contribution is -2.22. The van der Waals surface area contributed by atoms with Crippen molar-refractivity contribution in [2.45, 2.75) is 26.8 Å². The van der Waals surface area contributed by atoms with E-state index in [0.29, 0.717) is 5.56 Å². The van der Waals surface area contributed by atoms with Crippen LogP contribution in [0.1, 0.15) is 35.2 Å². The Kier molecular flexibility index (Phi) is 4.33. The standard InChI is InChI=1S/C17H20FN/c1-4-19-17(14-7-5-6-12(2)10-14)15-9-8-13(3)16(18)11-15/h5-11,17,19H,4H2,1-3H3. The lowest BCUT2D eigenvalue weighted by Gasteiger charge is -2.20. The fraction of sp³-hybridized carbons (Fsp3) is 0.294. The molecule has 1 nitrogen and oxygen atoms in total. The smallest absolute Gasteiger partial charge is 0.126 e. The van der Waals surface area contributed by atoms with Crippen LogP contribution in [0.4, 0.5) is 4.39 Å². The van der Waals surface area contributed by atoms with Crippen molar-refractivity contribution in [2.75, 3.05) is 6.54 Å². The average Bonchev–Trinajstić information content (AvgIpc) is 2.39. The number of rotatable bonds is 4. The first-order valence-corrected chi connectivity index (χ1v) is 6.68. The molecule has 0 aliphatic heterocycles. The van der Waals surface area contributed by atoms with Crippen LogP contribution in [0.15, 0.2) is 42.5 Å². The highest BCUT2D eigenvalue weighted by Gasteiger charge is 2.14. The summed E-state index contributed by atoms with van der Waals surface area (Å²) in [6.45, 7) is 6.76. The summed E-state index contributed by atoms with van der Waals surface area (Å²) in [7, 11) is 0. The Morgan fingerprint density at radius 3 is 2.42 bits per heavy atom. The fourth-order valence-electron chi connectivity index (χ4n) is 2.27.